The van der Waals surface area contributed by atoms with Crippen LogP contribution in [-0.2, 0) is 6.54 Å². The molecule has 1 saturated heterocycles. The first-order valence-electron chi connectivity index (χ1n) is 7.77. The molecule has 0 aliphatic carbocycles. The topological polar surface area (TPSA) is 49.6 Å². The smallest absolute Gasteiger partial charge is 0.290 e. The van der Waals surface area contributed by atoms with Crippen LogP contribution in [0.1, 0.15) is 29.0 Å². The number of carbonyl (C=O) groups is 1. The monoisotopic (exact) mass is 333 g/mol. The Bertz CT molecular complexity index is 651. The maximum Gasteiger partial charge on any atom is 0.290 e. The van der Waals surface area contributed by atoms with Gasteiger partial charge in [0.05, 0.1) is 0 Å². The lowest BCUT2D eigenvalue weighted by Crippen LogP contribution is -2.46. The van der Waals surface area contributed by atoms with Gasteiger partial charge in [0.25, 0.3) is 5.91 Å². The number of furan rings is 1. The van der Waals surface area contributed by atoms with E-state index >= 15 is 0 Å². The number of pyridine rings is 1. The third-order valence-electron chi connectivity index (χ3n) is 4.28. The molecule has 0 spiro atoms. The highest BCUT2D eigenvalue weighted by molar-refractivity contribution is 6.29. The van der Waals surface area contributed by atoms with Crippen LogP contribution in [0.25, 0.3) is 0 Å². The zero-order valence-electron chi connectivity index (χ0n) is 13.1. The Morgan fingerprint density at radius 3 is 2.61 bits per heavy atom. The molecule has 0 bridgehead atoms. The third kappa shape index (κ3) is 3.92. The number of amides is 1. The van der Waals surface area contributed by atoms with Crippen molar-refractivity contribution in [1.82, 2.24) is 14.8 Å². The summed E-state index contributed by atoms with van der Waals surface area (Å²) < 4.78 is 5.33. The number of nitrogens with zero attached hydrogens (tertiary/aromatic N) is 3. The van der Waals surface area contributed by atoms with Gasteiger partial charge in [0.2, 0.25) is 0 Å². The fourth-order valence-corrected chi connectivity index (χ4v) is 3.08. The van der Waals surface area contributed by atoms with E-state index in [-0.39, 0.29) is 17.2 Å². The van der Waals surface area contributed by atoms with Crippen molar-refractivity contribution in [2.45, 2.75) is 25.4 Å². The molecule has 0 unspecified atom stereocenters. The van der Waals surface area contributed by atoms with Crippen LogP contribution >= 0.6 is 11.6 Å². The van der Waals surface area contributed by atoms with Crippen LogP contribution in [0.4, 0.5) is 0 Å². The Balaban J connectivity index is 1.82. The SMILES string of the molecule is CN1CCC(N(Cc2ccncc2)C(=O)c2ccc(Cl)o2)CC1. The van der Waals surface area contributed by atoms with Crippen LogP contribution in [0.5, 0.6) is 0 Å². The minimum Gasteiger partial charge on any atom is -0.440 e. The molecule has 2 aromatic heterocycles. The number of piperidine rings is 1. The average Bonchev–Trinajstić information content (AvgIpc) is 3.00. The molecule has 1 aliphatic heterocycles. The van der Waals surface area contributed by atoms with E-state index in [0.717, 1.165) is 31.5 Å². The first-order valence-corrected chi connectivity index (χ1v) is 8.15. The van der Waals surface area contributed by atoms with E-state index in [1.165, 1.54) is 0 Å². The first kappa shape index (κ1) is 16.0. The molecule has 0 N–H and O–H groups in total. The second kappa shape index (κ2) is 7.15. The quantitative estimate of drug-likeness (QED) is 0.862. The van der Waals surface area contributed by atoms with Crippen molar-refractivity contribution in [2.75, 3.05) is 20.1 Å². The predicted molar refractivity (Wildman–Crippen MR) is 88.3 cm³/mol. The summed E-state index contributed by atoms with van der Waals surface area (Å²) in [6, 6.07) is 7.32. The van der Waals surface area contributed by atoms with Gasteiger partial charge in [-0.1, -0.05) is 0 Å². The Kier molecular flexibility index (Phi) is 4.98. The maximum absolute atomic E-state index is 12.9. The largest absolute Gasteiger partial charge is 0.440 e. The van der Waals surface area contributed by atoms with Crippen molar-refractivity contribution in [1.29, 1.82) is 0 Å². The van der Waals surface area contributed by atoms with E-state index in [0.29, 0.717) is 12.3 Å². The number of hydrogen-bond acceptors (Lipinski definition) is 4. The van der Waals surface area contributed by atoms with Gasteiger partial charge in [-0.05, 0) is 74.4 Å². The number of halogens is 1. The van der Waals surface area contributed by atoms with E-state index in [1.807, 2.05) is 17.0 Å². The molecule has 5 nitrogen and oxygen atoms in total. The van der Waals surface area contributed by atoms with Gasteiger partial charge in [-0.3, -0.25) is 9.78 Å². The number of carbonyl (C=O) groups excluding carboxylic acids is 1. The van der Waals surface area contributed by atoms with Crippen molar-refractivity contribution in [2.24, 2.45) is 0 Å². The molecule has 122 valence electrons. The summed E-state index contributed by atoms with van der Waals surface area (Å²) in [6.07, 6.45) is 5.41. The molecule has 6 heteroatoms. The first-order chi connectivity index (χ1) is 11.1. The Morgan fingerprint density at radius 1 is 1.30 bits per heavy atom. The predicted octanol–water partition coefficient (Wildman–Crippen LogP) is 3.06. The Morgan fingerprint density at radius 2 is 2.00 bits per heavy atom. The lowest BCUT2D eigenvalue weighted by molar-refractivity contribution is 0.0538. The average molecular weight is 334 g/mol. The van der Waals surface area contributed by atoms with Gasteiger partial charge >= 0.3 is 0 Å². The summed E-state index contributed by atoms with van der Waals surface area (Å²) in [5, 5.41) is 0.237. The molecule has 1 aliphatic rings. The highest BCUT2D eigenvalue weighted by Crippen LogP contribution is 2.23. The van der Waals surface area contributed by atoms with Gasteiger partial charge in [-0.25, -0.2) is 0 Å². The van der Waals surface area contributed by atoms with E-state index in [4.69, 9.17) is 16.0 Å². The van der Waals surface area contributed by atoms with Gasteiger partial charge in [0, 0.05) is 25.0 Å². The lowest BCUT2D eigenvalue weighted by Gasteiger charge is -2.37. The summed E-state index contributed by atoms with van der Waals surface area (Å²) >= 11 is 5.82. The van der Waals surface area contributed by atoms with Gasteiger partial charge in [-0.15, -0.1) is 0 Å². The molecule has 2 aromatic rings. The zero-order chi connectivity index (χ0) is 16.2. The fraction of sp³-hybridized carbons (Fsp3) is 0.412. The fourth-order valence-electron chi connectivity index (χ4n) is 2.93. The summed E-state index contributed by atoms with van der Waals surface area (Å²) in [7, 11) is 2.11. The number of aromatic nitrogens is 1. The van der Waals surface area contributed by atoms with Crippen LogP contribution in [0, 0.1) is 0 Å². The number of hydrogen-bond donors (Lipinski definition) is 0. The van der Waals surface area contributed by atoms with Crippen LogP contribution in [0.15, 0.2) is 41.1 Å². The van der Waals surface area contributed by atoms with Crippen molar-refractivity contribution >= 4 is 17.5 Å². The summed E-state index contributed by atoms with van der Waals surface area (Å²) in [5.74, 6) is 0.186. The van der Waals surface area contributed by atoms with E-state index in [2.05, 4.69) is 16.9 Å². The van der Waals surface area contributed by atoms with Crippen molar-refractivity contribution in [3.8, 4) is 0 Å². The van der Waals surface area contributed by atoms with E-state index in [9.17, 15) is 4.79 Å². The summed E-state index contributed by atoms with van der Waals surface area (Å²) in [6.45, 7) is 2.53. The van der Waals surface area contributed by atoms with Crippen molar-refractivity contribution in [3.63, 3.8) is 0 Å². The lowest BCUT2D eigenvalue weighted by atomic mass is 10.0. The molecule has 1 amide bonds. The third-order valence-corrected chi connectivity index (χ3v) is 4.48. The molecule has 3 heterocycles. The summed E-state index contributed by atoms with van der Waals surface area (Å²) in [4.78, 5) is 21.1. The Labute approximate surface area is 140 Å². The Hall–Kier alpha value is -1.85. The van der Waals surface area contributed by atoms with Gasteiger partial charge in [0.1, 0.15) is 0 Å². The minimum atomic E-state index is -0.108. The highest BCUT2D eigenvalue weighted by Gasteiger charge is 2.29. The number of rotatable bonds is 4. The van der Waals surface area contributed by atoms with Gasteiger partial charge < -0.3 is 14.2 Å². The highest BCUT2D eigenvalue weighted by atomic mass is 35.5. The molecule has 0 saturated carbocycles. The number of likely N-dealkylation sites (tertiary alicyclic amines) is 1. The van der Waals surface area contributed by atoms with E-state index < -0.39 is 0 Å². The zero-order valence-corrected chi connectivity index (χ0v) is 13.9. The van der Waals surface area contributed by atoms with Crippen LogP contribution in [0.3, 0.4) is 0 Å². The van der Waals surface area contributed by atoms with Crippen molar-refractivity contribution < 1.29 is 9.21 Å². The standard InChI is InChI=1S/C17H20ClN3O2/c1-20-10-6-14(7-11-20)21(12-13-4-8-19-9-5-13)17(22)15-2-3-16(18)23-15/h2-5,8-9,14H,6-7,10-12H2,1H3. The van der Waals surface area contributed by atoms with Gasteiger partial charge in [0.15, 0.2) is 11.0 Å². The molecular formula is C17H20ClN3O2. The molecule has 3 rings (SSSR count). The molecule has 0 aromatic carbocycles. The van der Waals surface area contributed by atoms with Crippen molar-refractivity contribution in [3.05, 3.63) is 53.2 Å². The van der Waals surface area contributed by atoms with Crippen LogP contribution in [0.2, 0.25) is 5.22 Å². The second-order valence-corrected chi connectivity index (χ2v) is 6.30. The molecule has 0 atom stereocenters. The molecule has 23 heavy (non-hydrogen) atoms. The summed E-state index contributed by atoms with van der Waals surface area (Å²) in [5.41, 5.74) is 1.06. The van der Waals surface area contributed by atoms with E-state index in [1.54, 1.807) is 24.5 Å². The minimum absolute atomic E-state index is 0.108. The second-order valence-electron chi connectivity index (χ2n) is 5.93. The van der Waals surface area contributed by atoms with Crippen LogP contribution < -0.4 is 0 Å². The van der Waals surface area contributed by atoms with Crippen LogP contribution in [-0.4, -0.2) is 46.9 Å². The molecule has 0 radical (unpaired) electrons. The molecular weight excluding hydrogens is 314 g/mol. The normalized spacial score (nSPS) is 16.4. The molecule has 1 fully saturated rings. The van der Waals surface area contributed by atoms with Gasteiger partial charge in [-0.2, -0.15) is 0 Å². The maximum atomic E-state index is 12.9.